The summed E-state index contributed by atoms with van der Waals surface area (Å²) in [5.74, 6) is 3.59. The maximum absolute atomic E-state index is 13.5. The van der Waals surface area contributed by atoms with Crippen LogP contribution in [0.1, 0.15) is 75.1 Å². The highest BCUT2D eigenvalue weighted by atomic mass is 32.1. The SMILES string of the molecule is O=C(NC(c1cccs1)C1CCCC1)C12CC3CC(CC(C3)C1)C2. The Morgan fingerprint density at radius 3 is 2.25 bits per heavy atom. The largest absolute Gasteiger partial charge is 0.348 e. The van der Waals surface area contributed by atoms with Crippen LogP contribution >= 0.6 is 11.3 Å². The van der Waals surface area contributed by atoms with Gasteiger partial charge in [-0.05, 0) is 86.5 Å². The zero-order valence-electron chi connectivity index (χ0n) is 14.5. The fourth-order valence-electron chi connectivity index (χ4n) is 6.86. The van der Waals surface area contributed by atoms with E-state index in [1.165, 1.54) is 69.1 Å². The van der Waals surface area contributed by atoms with E-state index in [4.69, 9.17) is 0 Å². The van der Waals surface area contributed by atoms with Crippen LogP contribution in [0.15, 0.2) is 17.5 Å². The van der Waals surface area contributed by atoms with Gasteiger partial charge >= 0.3 is 0 Å². The Morgan fingerprint density at radius 2 is 1.71 bits per heavy atom. The molecule has 5 fully saturated rings. The molecule has 1 N–H and O–H groups in total. The van der Waals surface area contributed by atoms with E-state index in [9.17, 15) is 4.79 Å². The predicted octanol–water partition coefficient (Wildman–Crippen LogP) is 5.31. The van der Waals surface area contributed by atoms with Gasteiger partial charge in [0, 0.05) is 10.3 Å². The van der Waals surface area contributed by atoms with E-state index in [0.717, 1.165) is 17.8 Å². The fourth-order valence-corrected chi connectivity index (χ4v) is 7.73. The lowest BCUT2D eigenvalue weighted by Crippen LogP contribution is -2.54. The highest BCUT2D eigenvalue weighted by molar-refractivity contribution is 7.10. The normalized spacial score (nSPS) is 39.2. The molecular formula is C21H29NOS. The fraction of sp³-hybridized carbons (Fsp3) is 0.762. The smallest absolute Gasteiger partial charge is 0.226 e. The molecular weight excluding hydrogens is 314 g/mol. The third-order valence-electron chi connectivity index (χ3n) is 7.53. The zero-order valence-corrected chi connectivity index (χ0v) is 15.3. The predicted molar refractivity (Wildman–Crippen MR) is 97.8 cm³/mol. The summed E-state index contributed by atoms with van der Waals surface area (Å²) in [7, 11) is 0. The van der Waals surface area contributed by atoms with Crippen molar-refractivity contribution >= 4 is 17.2 Å². The molecule has 1 heterocycles. The lowest BCUT2D eigenvalue weighted by molar-refractivity contribution is -0.147. The molecule has 1 atom stereocenters. The minimum absolute atomic E-state index is 0.0110. The van der Waals surface area contributed by atoms with Gasteiger partial charge in [-0.1, -0.05) is 18.9 Å². The van der Waals surface area contributed by atoms with E-state index in [0.29, 0.717) is 11.8 Å². The number of carbonyl (C=O) groups is 1. The first-order valence-electron chi connectivity index (χ1n) is 10.1. The zero-order chi connectivity index (χ0) is 16.1. The van der Waals surface area contributed by atoms with Crippen LogP contribution in [0.4, 0.5) is 0 Å². The summed E-state index contributed by atoms with van der Waals surface area (Å²) in [6.07, 6.45) is 13.0. The molecule has 3 heteroatoms. The molecule has 4 bridgehead atoms. The van der Waals surface area contributed by atoms with Gasteiger partial charge in [0.2, 0.25) is 5.91 Å². The second-order valence-corrected chi connectivity index (χ2v) is 10.2. The van der Waals surface area contributed by atoms with Crippen molar-refractivity contribution < 1.29 is 4.79 Å². The van der Waals surface area contributed by atoms with Crippen molar-refractivity contribution in [2.45, 2.75) is 70.3 Å². The quantitative estimate of drug-likeness (QED) is 0.788. The number of amides is 1. The Morgan fingerprint density at radius 1 is 1.08 bits per heavy atom. The molecule has 130 valence electrons. The van der Waals surface area contributed by atoms with E-state index in [2.05, 4.69) is 22.8 Å². The van der Waals surface area contributed by atoms with Crippen molar-refractivity contribution in [2.75, 3.05) is 0 Å². The number of thiophene rings is 1. The molecule has 1 aromatic heterocycles. The number of nitrogens with one attached hydrogen (secondary N) is 1. The average Bonchev–Trinajstić information content (AvgIpc) is 3.25. The van der Waals surface area contributed by atoms with Crippen LogP contribution in [0.3, 0.4) is 0 Å². The minimum Gasteiger partial charge on any atom is -0.348 e. The van der Waals surface area contributed by atoms with Crippen LogP contribution in [-0.2, 0) is 4.79 Å². The lowest BCUT2D eigenvalue weighted by atomic mass is 9.49. The number of hydrogen-bond donors (Lipinski definition) is 1. The molecule has 1 aromatic rings. The second kappa shape index (κ2) is 5.86. The average molecular weight is 344 g/mol. The van der Waals surface area contributed by atoms with E-state index in [1.54, 1.807) is 0 Å². The van der Waals surface area contributed by atoms with Gasteiger partial charge in [-0.25, -0.2) is 0 Å². The topological polar surface area (TPSA) is 29.1 Å². The van der Waals surface area contributed by atoms with Gasteiger partial charge in [-0.15, -0.1) is 11.3 Å². The molecule has 5 aliphatic rings. The molecule has 5 saturated carbocycles. The van der Waals surface area contributed by atoms with Gasteiger partial charge in [0.15, 0.2) is 0 Å². The Bertz CT molecular complexity index is 566. The van der Waals surface area contributed by atoms with Gasteiger partial charge in [0.1, 0.15) is 0 Å². The molecule has 1 amide bonds. The summed E-state index contributed by atoms with van der Waals surface area (Å²) in [6, 6.07) is 4.64. The molecule has 0 spiro atoms. The molecule has 6 rings (SSSR count). The minimum atomic E-state index is -0.0110. The van der Waals surface area contributed by atoms with Gasteiger partial charge < -0.3 is 5.32 Å². The number of rotatable bonds is 4. The van der Waals surface area contributed by atoms with Crippen molar-refractivity contribution in [1.29, 1.82) is 0 Å². The van der Waals surface area contributed by atoms with Gasteiger partial charge in [-0.2, -0.15) is 0 Å². The van der Waals surface area contributed by atoms with Crippen molar-refractivity contribution in [2.24, 2.45) is 29.1 Å². The van der Waals surface area contributed by atoms with E-state index in [-0.39, 0.29) is 11.5 Å². The highest BCUT2D eigenvalue weighted by Crippen LogP contribution is 2.60. The maximum Gasteiger partial charge on any atom is 0.226 e. The molecule has 0 radical (unpaired) electrons. The van der Waals surface area contributed by atoms with Crippen LogP contribution in [0.5, 0.6) is 0 Å². The highest BCUT2D eigenvalue weighted by Gasteiger charge is 2.55. The van der Waals surface area contributed by atoms with E-state index in [1.807, 2.05) is 11.3 Å². The molecule has 24 heavy (non-hydrogen) atoms. The van der Waals surface area contributed by atoms with Crippen LogP contribution in [0.25, 0.3) is 0 Å². The van der Waals surface area contributed by atoms with Crippen LogP contribution in [0, 0.1) is 29.1 Å². The standard InChI is InChI=1S/C21H29NOS/c23-20(21-11-14-8-15(12-21)10-16(9-14)13-21)22-19(17-4-1-2-5-17)18-6-3-7-24-18/h3,6-7,14-17,19H,1-2,4-5,8-13H2,(H,22,23). The van der Waals surface area contributed by atoms with Crippen LogP contribution in [-0.4, -0.2) is 5.91 Å². The Balaban J connectivity index is 1.38. The Hall–Kier alpha value is -0.830. The summed E-state index contributed by atoms with van der Waals surface area (Å²) in [6.45, 7) is 0. The van der Waals surface area contributed by atoms with Crippen molar-refractivity contribution in [3.63, 3.8) is 0 Å². The molecule has 0 saturated heterocycles. The molecule has 1 unspecified atom stereocenters. The Kier molecular flexibility index (Phi) is 3.77. The van der Waals surface area contributed by atoms with Crippen molar-refractivity contribution in [3.05, 3.63) is 22.4 Å². The number of hydrogen-bond acceptors (Lipinski definition) is 2. The molecule has 0 aromatic carbocycles. The number of carbonyl (C=O) groups excluding carboxylic acids is 1. The monoisotopic (exact) mass is 343 g/mol. The third kappa shape index (κ3) is 2.55. The third-order valence-corrected chi connectivity index (χ3v) is 8.48. The van der Waals surface area contributed by atoms with E-state index < -0.39 is 0 Å². The molecule has 5 aliphatic carbocycles. The summed E-state index contributed by atoms with van der Waals surface area (Å²) in [5.41, 5.74) is -0.0110. The summed E-state index contributed by atoms with van der Waals surface area (Å²) in [4.78, 5) is 14.8. The maximum atomic E-state index is 13.5. The lowest BCUT2D eigenvalue weighted by Gasteiger charge is -2.56. The van der Waals surface area contributed by atoms with Crippen LogP contribution in [0.2, 0.25) is 0 Å². The van der Waals surface area contributed by atoms with E-state index >= 15 is 0 Å². The van der Waals surface area contributed by atoms with Gasteiger partial charge in [0.25, 0.3) is 0 Å². The molecule has 0 aliphatic heterocycles. The molecule has 2 nitrogen and oxygen atoms in total. The second-order valence-electron chi connectivity index (χ2n) is 9.21. The first-order valence-corrected chi connectivity index (χ1v) is 10.9. The van der Waals surface area contributed by atoms with Gasteiger partial charge in [0.05, 0.1) is 6.04 Å². The van der Waals surface area contributed by atoms with Crippen LogP contribution < -0.4 is 5.32 Å². The summed E-state index contributed by atoms with van der Waals surface area (Å²) in [5, 5.41) is 5.75. The van der Waals surface area contributed by atoms with Gasteiger partial charge in [-0.3, -0.25) is 4.79 Å². The van der Waals surface area contributed by atoms with Crippen molar-refractivity contribution in [3.8, 4) is 0 Å². The Labute approximate surface area is 149 Å². The van der Waals surface area contributed by atoms with Crippen molar-refractivity contribution in [1.82, 2.24) is 5.32 Å². The first kappa shape index (κ1) is 15.4. The first-order chi connectivity index (χ1) is 11.7. The summed E-state index contributed by atoms with van der Waals surface area (Å²) < 4.78 is 0. The summed E-state index contributed by atoms with van der Waals surface area (Å²) >= 11 is 1.82.